The number of halogens is 2. The highest BCUT2D eigenvalue weighted by molar-refractivity contribution is 14.1. The second-order valence-corrected chi connectivity index (χ2v) is 14.5. The van der Waals surface area contributed by atoms with Crippen molar-refractivity contribution < 1.29 is 28.1 Å². The Morgan fingerprint density at radius 3 is 2.27 bits per heavy atom. The molecular formula is C26H33ClIN4O5S3+. The van der Waals surface area contributed by atoms with Gasteiger partial charge in [0.1, 0.15) is 16.3 Å². The molecule has 0 unspecified atom stereocenters. The van der Waals surface area contributed by atoms with Gasteiger partial charge in [-0.25, -0.2) is 13.4 Å². The number of amides is 2. The number of terminal acetylenes is 1. The van der Waals surface area contributed by atoms with E-state index in [1.54, 1.807) is 0 Å². The summed E-state index contributed by atoms with van der Waals surface area (Å²) in [6.45, 7) is 3.97. The van der Waals surface area contributed by atoms with E-state index in [0.717, 1.165) is 20.5 Å². The summed E-state index contributed by atoms with van der Waals surface area (Å²) >= 11 is 13.2. The third kappa shape index (κ3) is 11.2. The first kappa shape index (κ1) is 34.4. The lowest BCUT2D eigenvalue weighted by molar-refractivity contribution is -0.453. The number of benzene rings is 1. The van der Waals surface area contributed by atoms with Crippen LogP contribution in [-0.4, -0.2) is 61.7 Å². The maximum absolute atomic E-state index is 13.5. The lowest BCUT2D eigenvalue weighted by Crippen LogP contribution is -2.77. The second kappa shape index (κ2) is 16.6. The molecule has 40 heavy (non-hydrogen) atoms. The van der Waals surface area contributed by atoms with Gasteiger partial charge in [-0.15, -0.1) is 17.8 Å². The number of nitrogens with one attached hydrogen (secondary N) is 4. The summed E-state index contributed by atoms with van der Waals surface area (Å²) in [5.74, 6) is 1.08. The molecule has 0 aliphatic carbocycles. The maximum Gasteiger partial charge on any atom is 0.357 e. The Hall–Kier alpha value is -1.83. The molecule has 2 aromatic rings. The number of hydrogen-bond donors (Lipinski definition) is 6. The molecule has 0 saturated carbocycles. The molecule has 218 valence electrons. The van der Waals surface area contributed by atoms with Gasteiger partial charge in [0.15, 0.2) is 6.04 Å². The van der Waals surface area contributed by atoms with Gasteiger partial charge >= 0.3 is 5.90 Å². The summed E-state index contributed by atoms with van der Waals surface area (Å²) < 4.78 is 29.8. The van der Waals surface area contributed by atoms with Crippen LogP contribution in [0.5, 0.6) is 0 Å². The number of carbonyl (C=O) groups is 2. The molecule has 0 saturated heterocycles. The first-order valence-electron chi connectivity index (χ1n) is 12.3. The van der Waals surface area contributed by atoms with Gasteiger partial charge in [0.2, 0.25) is 18.4 Å². The number of aliphatic hydroxyl groups is 1. The van der Waals surface area contributed by atoms with Crippen molar-refractivity contribution in [1.82, 2.24) is 15.4 Å². The second-order valence-electron chi connectivity index (χ2n) is 9.28. The highest BCUT2D eigenvalue weighted by Crippen LogP contribution is 2.26. The van der Waals surface area contributed by atoms with Crippen LogP contribution in [0, 0.1) is 21.8 Å². The molecule has 9 nitrogen and oxygen atoms in total. The van der Waals surface area contributed by atoms with Crippen LogP contribution in [0.1, 0.15) is 32.3 Å². The zero-order valence-corrected chi connectivity index (χ0v) is 27.4. The average molecular weight is 740 g/mol. The fourth-order valence-corrected chi connectivity index (χ4v) is 6.86. The van der Waals surface area contributed by atoms with Gasteiger partial charge in [-0.05, 0) is 77.1 Å². The van der Waals surface area contributed by atoms with Crippen molar-refractivity contribution in [3.05, 3.63) is 49.9 Å². The van der Waals surface area contributed by atoms with Crippen molar-refractivity contribution in [1.29, 1.82) is 0 Å². The summed E-state index contributed by atoms with van der Waals surface area (Å²) in [7, 11) is -4.04. The highest BCUT2D eigenvalue weighted by atomic mass is 127. The Bertz CT molecular complexity index is 1330. The number of carbonyl (C=O) groups excluding carboxylic acids is 2. The van der Waals surface area contributed by atoms with Crippen molar-refractivity contribution in [3.63, 3.8) is 0 Å². The van der Waals surface area contributed by atoms with E-state index in [2.05, 4.69) is 61.5 Å². The van der Waals surface area contributed by atoms with Crippen LogP contribution in [0.4, 0.5) is 0 Å². The van der Waals surface area contributed by atoms with E-state index >= 15 is 0 Å². The van der Waals surface area contributed by atoms with Crippen LogP contribution < -0.4 is 20.3 Å². The first-order valence-corrected chi connectivity index (χ1v) is 16.7. The van der Waals surface area contributed by atoms with Crippen molar-refractivity contribution in [2.45, 2.75) is 55.4 Å². The summed E-state index contributed by atoms with van der Waals surface area (Å²) in [5.41, 5.74) is 0.773. The molecule has 0 fully saturated rings. The van der Waals surface area contributed by atoms with Gasteiger partial charge in [0.05, 0.1) is 4.34 Å². The number of aliphatic hydroxyl groups excluding tert-OH is 1. The highest BCUT2D eigenvalue weighted by Gasteiger charge is 2.32. The van der Waals surface area contributed by atoms with Gasteiger partial charge in [-0.3, -0.25) is 9.59 Å². The van der Waals surface area contributed by atoms with E-state index in [-0.39, 0.29) is 41.2 Å². The van der Waals surface area contributed by atoms with Gasteiger partial charge in [0, 0.05) is 15.7 Å². The van der Waals surface area contributed by atoms with E-state index in [9.17, 15) is 23.1 Å². The Kier molecular flexibility index (Phi) is 14.2. The third-order valence-electron chi connectivity index (χ3n) is 5.65. The molecule has 0 aliphatic heterocycles. The van der Waals surface area contributed by atoms with Crippen molar-refractivity contribution in [2.75, 3.05) is 12.3 Å². The lowest BCUT2D eigenvalue weighted by atomic mass is 10.0. The topological polar surface area (TPSA) is 139 Å². The van der Waals surface area contributed by atoms with Gasteiger partial charge in [-0.1, -0.05) is 37.6 Å². The summed E-state index contributed by atoms with van der Waals surface area (Å²) in [4.78, 5) is 29.5. The number of sulfonamides is 1. The van der Waals surface area contributed by atoms with E-state index in [0.29, 0.717) is 10.8 Å². The Labute approximate surface area is 263 Å². The molecule has 0 aliphatic rings. The molecule has 1 heterocycles. The summed E-state index contributed by atoms with van der Waals surface area (Å²) in [6.07, 6.45) is 6.12. The van der Waals surface area contributed by atoms with Crippen LogP contribution in [0.3, 0.4) is 0 Å². The zero-order chi connectivity index (χ0) is 29.9. The molecule has 5 N–H and O–H groups in total. The van der Waals surface area contributed by atoms with Crippen LogP contribution >= 0.6 is 58.2 Å². The number of thiophene rings is 1. The fraction of sp³-hybridized carbons (Fsp3) is 0.423. The average Bonchev–Trinajstić information content (AvgIpc) is 3.36. The molecule has 2 rings (SSSR count). The minimum absolute atomic E-state index is 0.0184. The smallest absolute Gasteiger partial charge is 0.357 e. The molecule has 0 bridgehead atoms. The fourth-order valence-electron chi connectivity index (χ4n) is 3.51. The Morgan fingerprint density at radius 1 is 1.10 bits per heavy atom. The van der Waals surface area contributed by atoms with Crippen LogP contribution in [0.15, 0.2) is 40.6 Å². The Morgan fingerprint density at radius 2 is 1.73 bits per heavy atom. The SMILES string of the molecule is C#CC[NH+]=C(O)[C@H](CS)NC(=O)[C@H](Cc1ccc(I)cc1)NC(=O)[C@H](CCC(C)C)NS(=O)(=O)c1ccc(Cl)s1. The van der Waals surface area contributed by atoms with Gasteiger partial charge < -0.3 is 15.7 Å². The molecule has 1 aromatic heterocycles. The predicted octanol–water partition coefficient (Wildman–Crippen LogP) is 1.90. The van der Waals surface area contributed by atoms with Crippen LogP contribution in [0.25, 0.3) is 0 Å². The number of thiol groups is 1. The number of rotatable bonds is 15. The van der Waals surface area contributed by atoms with E-state index < -0.39 is 40.0 Å². The predicted molar refractivity (Wildman–Crippen MR) is 170 cm³/mol. The monoisotopic (exact) mass is 739 g/mol. The molecule has 1 aromatic carbocycles. The van der Waals surface area contributed by atoms with E-state index in [1.165, 1.54) is 12.1 Å². The van der Waals surface area contributed by atoms with E-state index in [4.69, 9.17) is 18.0 Å². The maximum atomic E-state index is 13.5. The van der Waals surface area contributed by atoms with Crippen LogP contribution in [0.2, 0.25) is 4.34 Å². The van der Waals surface area contributed by atoms with Crippen molar-refractivity contribution >= 4 is 85.9 Å². The minimum atomic E-state index is -4.04. The van der Waals surface area contributed by atoms with Crippen molar-refractivity contribution in [2.24, 2.45) is 5.92 Å². The molecule has 14 heteroatoms. The lowest BCUT2D eigenvalue weighted by Gasteiger charge is -2.24. The molecule has 0 radical (unpaired) electrons. The molecular weight excluding hydrogens is 707 g/mol. The number of hydrogen-bond acceptors (Lipinski definition) is 6. The standard InChI is InChI=1S/C26H32ClIN4O5S3/c1-4-13-29-24(33)21(15-38)31-26(35)20(14-17-6-8-18(28)9-7-17)30-25(34)19(10-5-16(2)3)32-40(36,37)23-12-11-22(27)39-23/h1,6-9,11-12,16,19-21,32,38H,5,10,13-15H2,2-3H3,(H,29,33)(H,30,34)(H,31,35)/p+1/t19-,20-,21-/m0/s1. The quantitative estimate of drug-likeness (QED) is 0.0546. The first-order chi connectivity index (χ1) is 18.9. The third-order valence-corrected chi connectivity index (χ3v) is 9.93. The van der Waals surface area contributed by atoms with Crippen molar-refractivity contribution in [3.8, 4) is 12.3 Å². The van der Waals surface area contributed by atoms with Gasteiger partial charge in [-0.2, -0.15) is 17.4 Å². The zero-order valence-electron chi connectivity index (χ0n) is 22.0. The van der Waals surface area contributed by atoms with E-state index in [1.807, 2.05) is 38.1 Å². The van der Waals surface area contributed by atoms with Crippen LogP contribution in [-0.2, 0) is 26.0 Å². The largest absolute Gasteiger partial charge is 0.462 e. The Balaban J connectivity index is 2.33. The van der Waals surface area contributed by atoms with Gasteiger partial charge in [0.25, 0.3) is 10.0 Å². The molecule has 3 atom stereocenters. The minimum Gasteiger partial charge on any atom is -0.462 e. The summed E-state index contributed by atoms with van der Waals surface area (Å²) in [5, 5.41) is 15.7. The molecule has 2 amide bonds. The normalized spacial score (nSPS) is 14.3. The summed E-state index contributed by atoms with van der Waals surface area (Å²) in [6, 6.07) is 7.14. The molecule has 0 spiro atoms.